The third-order valence-electron chi connectivity index (χ3n) is 2.94. The zero-order chi connectivity index (χ0) is 27.5. The second-order valence-corrected chi connectivity index (χ2v) is 7.56. The molecule has 8 nitrogen and oxygen atoms in total. The van der Waals surface area contributed by atoms with Gasteiger partial charge in [-0.25, -0.2) is 4.79 Å². The maximum absolute atomic E-state index is 11.0. The number of esters is 1. The van der Waals surface area contributed by atoms with Crippen molar-refractivity contribution >= 4 is 16.1 Å². The highest BCUT2D eigenvalue weighted by Crippen LogP contribution is 2.09. The summed E-state index contributed by atoms with van der Waals surface area (Å²) in [5.41, 5.74) is 0.398. The molecule has 0 radical (unpaired) electrons. The monoisotopic (exact) mass is 513 g/mol. The summed E-state index contributed by atoms with van der Waals surface area (Å²) in [6, 6.07) is 17.9. The zero-order valence-electron chi connectivity index (χ0n) is 22.2. The SMILES string of the molecule is C=C(C)C(=O)OCCOc1ccccc1.CC.CC.CCC.NOS(=O)(=O)COc1ccccc1. The van der Waals surface area contributed by atoms with Gasteiger partial charge in [-0.15, -0.1) is 0 Å². The van der Waals surface area contributed by atoms with E-state index in [0.29, 0.717) is 17.9 Å². The normalized spacial score (nSPS) is 9.03. The second-order valence-electron chi connectivity index (χ2n) is 6.01. The molecule has 0 aliphatic heterocycles. The Balaban J connectivity index is -0.000000468. The molecule has 0 aromatic heterocycles. The van der Waals surface area contributed by atoms with E-state index in [1.807, 2.05) is 58.0 Å². The van der Waals surface area contributed by atoms with Gasteiger partial charge in [-0.2, -0.15) is 18.6 Å². The van der Waals surface area contributed by atoms with Crippen molar-refractivity contribution in [2.45, 2.75) is 54.9 Å². The topological polar surface area (TPSA) is 114 Å². The fourth-order valence-electron chi connectivity index (χ4n) is 1.62. The minimum atomic E-state index is -3.76. The highest BCUT2D eigenvalue weighted by molar-refractivity contribution is 7.86. The molecule has 0 bridgehead atoms. The van der Waals surface area contributed by atoms with Crippen LogP contribution in [0.2, 0.25) is 0 Å². The van der Waals surface area contributed by atoms with Gasteiger partial charge in [0.25, 0.3) is 0 Å². The number of carbonyl (C=O) groups excluding carboxylic acids is 1. The molecular weight excluding hydrogens is 470 g/mol. The van der Waals surface area contributed by atoms with Crippen LogP contribution < -0.4 is 15.4 Å². The van der Waals surface area contributed by atoms with E-state index >= 15 is 0 Å². The van der Waals surface area contributed by atoms with Gasteiger partial charge in [0, 0.05) is 5.57 Å². The summed E-state index contributed by atoms with van der Waals surface area (Å²) in [6.07, 6.45) is 1.25. The van der Waals surface area contributed by atoms with E-state index in [1.54, 1.807) is 37.3 Å². The first-order valence-corrected chi connectivity index (χ1v) is 13.1. The number of carbonyl (C=O) groups is 1. The molecule has 0 heterocycles. The molecule has 0 fully saturated rings. The highest BCUT2D eigenvalue weighted by atomic mass is 32.2. The van der Waals surface area contributed by atoms with Crippen LogP contribution in [0.1, 0.15) is 54.9 Å². The molecule has 0 aliphatic carbocycles. The van der Waals surface area contributed by atoms with Gasteiger partial charge in [-0.1, -0.05) is 90.9 Å². The maximum Gasteiger partial charge on any atom is 0.333 e. The lowest BCUT2D eigenvalue weighted by Crippen LogP contribution is -2.18. The average molecular weight is 514 g/mol. The van der Waals surface area contributed by atoms with Crippen LogP contribution >= 0.6 is 0 Å². The Kier molecular flexibility index (Phi) is 27.0. The predicted molar refractivity (Wildman–Crippen MR) is 143 cm³/mol. The van der Waals surface area contributed by atoms with E-state index in [-0.39, 0.29) is 12.6 Å². The molecule has 2 N–H and O–H groups in total. The van der Waals surface area contributed by atoms with E-state index in [0.717, 1.165) is 5.75 Å². The van der Waals surface area contributed by atoms with Gasteiger partial charge >= 0.3 is 16.1 Å². The number of rotatable bonds is 9. The fourth-order valence-corrected chi connectivity index (χ4v) is 1.95. The van der Waals surface area contributed by atoms with E-state index in [4.69, 9.17) is 14.2 Å². The molecule has 0 saturated carbocycles. The van der Waals surface area contributed by atoms with Crippen molar-refractivity contribution in [2.75, 3.05) is 19.2 Å². The molecule has 35 heavy (non-hydrogen) atoms. The number of hydrogen-bond donors (Lipinski definition) is 1. The van der Waals surface area contributed by atoms with Crippen molar-refractivity contribution < 1.29 is 31.7 Å². The summed E-state index contributed by atoms with van der Waals surface area (Å²) in [4.78, 5) is 11.0. The summed E-state index contributed by atoms with van der Waals surface area (Å²) in [5.74, 6) is 4.74. The van der Waals surface area contributed by atoms with Crippen LogP contribution in [0.3, 0.4) is 0 Å². The van der Waals surface area contributed by atoms with Crippen LogP contribution in [0, 0.1) is 0 Å². The summed E-state index contributed by atoms with van der Waals surface area (Å²) in [5, 5.41) is 0. The predicted octanol–water partition coefficient (Wildman–Crippen LogP) is 5.90. The van der Waals surface area contributed by atoms with Crippen molar-refractivity contribution in [1.29, 1.82) is 0 Å². The summed E-state index contributed by atoms with van der Waals surface area (Å²) < 4.78 is 40.2. The molecule has 200 valence electrons. The Morgan fingerprint density at radius 3 is 1.60 bits per heavy atom. The van der Waals surface area contributed by atoms with Crippen LogP contribution in [0.25, 0.3) is 0 Å². The minimum Gasteiger partial charge on any atom is -0.490 e. The molecule has 2 rings (SSSR count). The molecule has 0 spiro atoms. The first kappa shape index (κ1) is 36.7. The zero-order valence-corrected chi connectivity index (χ0v) is 23.0. The third kappa shape index (κ3) is 24.1. The largest absolute Gasteiger partial charge is 0.490 e. The van der Waals surface area contributed by atoms with Gasteiger partial charge in [0.1, 0.15) is 24.7 Å². The van der Waals surface area contributed by atoms with Gasteiger partial charge in [0.2, 0.25) is 5.94 Å². The molecule has 0 amide bonds. The maximum atomic E-state index is 11.0. The van der Waals surface area contributed by atoms with Crippen LogP contribution in [-0.4, -0.2) is 33.5 Å². The van der Waals surface area contributed by atoms with E-state index < -0.39 is 16.1 Å². The molecule has 0 unspecified atom stereocenters. The molecule has 2 aromatic rings. The summed E-state index contributed by atoms with van der Waals surface area (Å²) in [7, 11) is -3.76. The Bertz CT molecular complexity index is 843. The molecule has 9 heteroatoms. The summed E-state index contributed by atoms with van der Waals surface area (Å²) >= 11 is 0. The highest BCUT2D eigenvalue weighted by Gasteiger charge is 2.09. The second kappa shape index (κ2) is 25.7. The lowest BCUT2D eigenvalue weighted by molar-refractivity contribution is -0.139. The smallest absolute Gasteiger partial charge is 0.333 e. The fraction of sp³-hybridized carbons (Fsp3) is 0.423. The molecule has 0 saturated heterocycles. The van der Waals surface area contributed by atoms with Gasteiger partial charge in [0.05, 0.1) is 0 Å². The Morgan fingerprint density at radius 1 is 0.829 bits per heavy atom. The first-order chi connectivity index (χ1) is 16.8. The van der Waals surface area contributed by atoms with Crippen molar-refractivity contribution in [3.05, 3.63) is 72.8 Å². The van der Waals surface area contributed by atoms with Gasteiger partial charge in [0.15, 0.2) is 0 Å². The van der Waals surface area contributed by atoms with Crippen molar-refractivity contribution in [3.63, 3.8) is 0 Å². The standard InChI is InChI=1S/C12H14O3.C7H9NO4S.C3H8.2C2H6/c1-10(2)12(13)15-9-8-14-11-6-4-3-5-7-11;8-12-13(9,10)6-11-7-4-2-1-3-5-7;1-3-2;2*1-2/h3-7H,1,8-9H2,2H3;1-5H,6,8H2;3H2,1-2H3;2*1-2H3. The summed E-state index contributed by atoms with van der Waals surface area (Å²) in [6.45, 7) is 17.9. The van der Waals surface area contributed by atoms with Crippen molar-refractivity contribution in [3.8, 4) is 11.5 Å². The van der Waals surface area contributed by atoms with Crippen molar-refractivity contribution in [1.82, 2.24) is 0 Å². The van der Waals surface area contributed by atoms with Gasteiger partial charge < -0.3 is 14.2 Å². The Labute approximate surface area is 212 Å². The first-order valence-electron chi connectivity index (χ1n) is 11.5. The van der Waals surface area contributed by atoms with Crippen LogP contribution in [0.5, 0.6) is 11.5 Å². The molecule has 0 atom stereocenters. The van der Waals surface area contributed by atoms with E-state index in [1.165, 1.54) is 6.42 Å². The van der Waals surface area contributed by atoms with E-state index in [2.05, 4.69) is 30.6 Å². The Hall–Kier alpha value is -2.88. The molecule has 2 aromatic carbocycles. The number of para-hydroxylation sites is 2. The number of hydrogen-bond acceptors (Lipinski definition) is 8. The third-order valence-corrected chi connectivity index (χ3v) is 3.64. The average Bonchev–Trinajstić information content (AvgIpc) is 2.90. The number of benzene rings is 2. The lowest BCUT2D eigenvalue weighted by atomic mass is 10.3. The number of ether oxygens (including phenoxy) is 3. The number of nitrogens with two attached hydrogens (primary N) is 1. The van der Waals surface area contributed by atoms with Gasteiger partial charge in [-0.05, 0) is 31.2 Å². The van der Waals surface area contributed by atoms with E-state index in [9.17, 15) is 13.2 Å². The molecular formula is C26H43NO7S. The van der Waals surface area contributed by atoms with Crippen LogP contribution in [0.15, 0.2) is 72.8 Å². The van der Waals surface area contributed by atoms with Crippen molar-refractivity contribution in [2.24, 2.45) is 5.90 Å². The lowest BCUT2D eigenvalue weighted by Gasteiger charge is -2.06. The Morgan fingerprint density at radius 2 is 1.23 bits per heavy atom. The molecule has 0 aliphatic rings. The quantitative estimate of drug-likeness (QED) is 0.191. The minimum absolute atomic E-state index is 0.237. The van der Waals surface area contributed by atoms with Gasteiger partial charge in [-0.3, -0.25) is 0 Å². The van der Waals surface area contributed by atoms with Crippen LogP contribution in [-0.2, 0) is 23.9 Å². The van der Waals surface area contributed by atoms with Crippen LogP contribution in [0.4, 0.5) is 0 Å².